The van der Waals surface area contributed by atoms with Gasteiger partial charge >= 0.3 is 5.97 Å². The molecule has 0 fully saturated rings. The summed E-state index contributed by atoms with van der Waals surface area (Å²) in [6.07, 6.45) is 9.13. The van der Waals surface area contributed by atoms with Crippen LogP contribution in [0.1, 0.15) is 50.5 Å². The number of amides is 1. The van der Waals surface area contributed by atoms with Crippen molar-refractivity contribution in [1.29, 1.82) is 0 Å². The highest BCUT2D eigenvalue weighted by atomic mass is 16.5. The number of hydrogen-bond donors (Lipinski definition) is 2. The number of terminal acetylenes is 1. The van der Waals surface area contributed by atoms with Crippen molar-refractivity contribution in [2.24, 2.45) is 11.7 Å². The topological polar surface area (TPSA) is 126 Å². The van der Waals surface area contributed by atoms with Crippen LogP contribution in [0.4, 0.5) is 0 Å². The standard InChI is InChI=1S/C28H42N2O7/c1-2-16-34-17-18-35-19-20-36-23-26(31)21-25(28(33)30-15-9-4-3-8-14-29)12-13-27(32)37-22-24-10-6-5-7-11-24/h1,5-7,10-11,25H,3-4,8-9,12-23,29H2,(H,30,33)/t25-/m1/s1. The van der Waals surface area contributed by atoms with Crippen LogP contribution in [0.25, 0.3) is 0 Å². The van der Waals surface area contributed by atoms with E-state index in [1.807, 2.05) is 30.3 Å². The Morgan fingerprint density at radius 3 is 2.38 bits per heavy atom. The maximum Gasteiger partial charge on any atom is 0.306 e. The molecule has 0 radical (unpaired) electrons. The van der Waals surface area contributed by atoms with Gasteiger partial charge in [0.15, 0.2) is 5.78 Å². The first-order valence-corrected chi connectivity index (χ1v) is 12.9. The number of carbonyl (C=O) groups is 3. The van der Waals surface area contributed by atoms with E-state index in [1.165, 1.54) is 0 Å². The zero-order valence-electron chi connectivity index (χ0n) is 21.8. The predicted octanol–water partition coefficient (Wildman–Crippen LogP) is 2.40. The van der Waals surface area contributed by atoms with Crippen LogP contribution in [0.5, 0.6) is 0 Å². The molecule has 1 atom stereocenters. The summed E-state index contributed by atoms with van der Waals surface area (Å²) >= 11 is 0. The average Bonchev–Trinajstić information content (AvgIpc) is 2.91. The highest BCUT2D eigenvalue weighted by molar-refractivity contribution is 5.87. The molecule has 0 saturated heterocycles. The van der Waals surface area contributed by atoms with Gasteiger partial charge in [0, 0.05) is 25.3 Å². The molecular weight excluding hydrogens is 476 g/mol. The van der Waals surface area contributed by atoms with E-state index in [0.717, 1.165) is 31.2 Å². The first kappa shape index (κ1) is 32.3. The molecule has 0 aliphatic rings. The molecule has 0 heterocycles. The van der Waals surface area contributed by atoms with E-state index in [0.29, 0.717) is 32.9 Å². The molecule has 0 spiro atoms. The lowest BCUT2D eigenvalue weighted by molar-refractivity contribution is -0.145. The quantitative estimate of drug-likeness (QED) is 0.129. The molecule has 9 nitrogen and oxygen atoms in total. The molecule has 1 rings (SSSR count). The van der Waals surface area contributed by atoms with Crippen LogP contribution in [0.15, 0.2) is 30.3 Å². The molecule has 9 heteroatoms. The molecule has 0 bridgehead atoms. The fourth-order valence-electron chi connectivity index (χ4n) is 3.40. The Bertz CT molecular complexity index is 795. The van der Waals surface area contributed by atoms with E-state index < -0.39 is 11.9 Å². The molecule has 1 aromatic rings. The number of unbranched alkanes of at least 4 members (excludes halogenated alkanes) is 3. The van der Waals surface area contributed by atoms with Crippen molar-refractivity contribution in [3.8, 4) is 12.3 Å². The van der Waals surface area contributed by atoms with E-state index in [-0.39, 0.29) is 57.4 Å². The van der Waals surface area contributed by atoms with Gasteiger partial charge in [-0.25, -0.2) is 0 Å². The van der Waals surface area contributed by atoms with E-state index in [4.69, 9.17) is 31.1 Å². The van der Waals surface area contributed by atoms with Crippen molar-refractivity contribution >= 4 is 17.7 Å². The van der Waals surface area contributed by atoms with Crippen LogP contribution in [-0.4, -0.2) is 70.4 Å². The van der Waals surface area contributed by atoms with Gasteiger partial charge in [0.1, 0.15) is 19.8 Å². The molecule has 3 N–H and O–H groups in total. The number of ketones is 1. The van der Waals surface area contributed by atoms with Gasteiger partial charge in [-0.05, 0) is 31.4 Å². The van der Waals surface area contributed by atoms with Crippen molar-refractivity contribution < 1.29 is 33.3 Å². The van der Waals surface area contributed by atoms with Gasteiger partial charge < -0.3 is 30.0 Å². The number of Topliss-reactive ketones (excluding diaryl/α,β-unsaturated/α-hetero) is 1. The molecule has 0 aliphatic carbocycles. The maximum atomic E-state index is 12.8. The lowest BCUT2D eigenvalue weighted by Crippen LogP contribution is -2.34. The summed E-state index contributed by atoms with van der Waals surface area (Å²) in [7, 11) is 0. The second-order valence-corrected chi connectivity index (χ2v) is 8.54. The van der Waals surface area contributed by atoms with Gasteiger partial charge in [0.2, 0.25) is 5.91 Å². The summed E-state index contributed by atoms with van der Waals surface area (Å²) in [4.78, 5) is 37.5. The Morgan fingerprint density at radius 2 is 1.65 bits per heavy atom. The highest BCUT2D eigenvalue weighted by Gasteiger charge is 2.23. The molecule has 0 aliphatic heterocycles. The third-order valence-electron chi connectivity index (χ3n) is 5.41. The summed E-state index contributed by atoms with van der Waals surface area (Å²) in [6, 6.07) is 9.37. The van der Waals surface area contributed by atoms with Crippen LogP contribution in [-0.2, 0) is 39.9 Å². The molecule has 0 aromatic heterocycles. The predicted molar refractivity (Wildman–Crippen MR) is 140 cm³/mol. The summed E-state index contributed by atoms with van der Waals surface area (Å²) in [6.45, 7) is 2.79. The van der Waals surface area contributed by atoms with E-state index in [2.05, 4.69) is 11.2 Å². The number of hydrogen-bond acceptors (Lipinski definition) is 8. The van der Waals surface area contributed by atoms with Gasteiger partial charge in [-0.3, -0.25) is 14.4 Å². The van der Waals surface area contributed by atoms with Crippen LogP contribution < -0.4 is 11.1 Å². The van der Waals surface area contributed by atoms with Crippen LogP contribution in [0.2, 0.25) is 0 Å². The van der Waals surface area contributed by atoms with Gasteiger partial charge in [-0.2, -0.15) is 0 Å². The van der Waals surface area contributed by atoms with Crippen LogP contribution in [0, 0.1) is 18.3 Å². The van der Waals surface area contributed by atoms with Crippen LogP contribution >= 0.6 is 0 Å². The van der Waals surface area contributed by atoms with Crippen molar-refractivity contribution in [2.45, 2.75) is 51.6 Å². The Morgan fingerprint density at radius 1 is 0.946 bits per heavy atom. The van der Waals surface area contributed by atoms with E-state index in [9.17, 15) is 14.4 Å². The first-order valence-electron chi connectivity index (χ1n) is 12.9. The van der Waals surface area contributed by atoms with Crippen molar-refractivity contribution in [3.63, 3.8) is 0 Å². The van der Waals surface area contributed by atoms with Crippen LogP contribution in [0.3, 0.4) is 0 Å². The monoisotopic (exact) mass is 518 g/mol. The minimum atomic E-state index is -0.631. The molecule has 206 valence electrons. The first-order chi connectivity index (χ1) is 18.1. The normalized spacial score (nSPS) is 11.5. The Balaban J connectivity index is 2.40. The van der Waals surface area contributed by atoms with Crippen molar-refractivity contribution in [3.05, 3.63) is 35.9 Å². The molecule has 1 amide bonds. The van der Waals surface area contributed by atoms with Crippen molar-refractivity contribution in [1.82, 2.24) is 5.32 Å². The minimum absolute atomic E-state index is 0.00818. The highest BCUT2D eigenvalue weighted by Crippen LogP contribution is 2.14. The lowest BCUT2D eigenvalue weighted by Gasteiger charge is -2.16. The summed E-state index contributed by atoms with van der Waals surface area (Å²) < 4.78 is 21.1. The Kier molecular flexibility index (Phi) is 19.6. The minimum Gasteiger partial charge on any atom is -0.461 e. The third kappa shape index (κ3) is 18.2. The second-order valence-electron chi connectivity index (χ2n) is 8.54. The summed E-state index contributed by atoms with van der Waals surface area (Å²) in [5.74, 6) is 0.881. The fraction of sp³-hybridized carbons (Fsp3) is 0.607. The van der Waals surface area contributed by atoms with Gasteiger partial charge in [0.05, 0.1) is 26.4 Å². The largest absolute Gasteiger partial charge is 0.461 e. The number of rotatable bonds is 23. The summed E-state index contributed by atoms with van der Waals surface area (Å²) in [5.41, 5.74) is 6.39. The smallest absolute Gasteiger partial charge is 0.306 e. The van der Waals surface area contributed by atoms with Gasteiger partial charge in [-0.1, -0.05) is 49.1 Å². The Hall–Kier alpha value is -2.77. The zero-order chi connectivity index (χ0) is 27.0. The number of nitrogens with two attached hydrogens (primary N) is 1. The second kappa shape index (κ2) is 22.4. The summed E-state index contributed by atoms with van der Waals surface area (Å²) in [5, 5.41) is 2.89. The third-order valence-corrected chi connectivity index (χ3v) is 5.41. The lowest BCUT2D eigenvalue weighted by atomic mass is 9.96. The molecule has 0 saturated carbocycles. The molecular formula is C28H42N2O7. The van der Waals surface area contributed by atoms with Gasteiger partial charge in [0.25, 0.3) is 0 Å². The van der Waals surface area contributed by atoms with Gasteiger partial charge in [-0.15, -0.1) is 6.42 Å². The van der Waals surface area contributed by atoms with Crippen molar-refractivity contribution in [2.75, 3.05) is 52.7 Å². The molecule has 1 aromatic carbocycles. The fourth-order valence-corrected chi connectivity index (χ4v) is 3.40. The Labute approximate surface area is 220 Å². The van der Waals surface area contributed by atoms with E-state index >= 15 is 0 Å². The maximum absolute atomic E-state index is 12.8. The number of nitrogens with one attached hydrogen (secondary N) is 1. The number of esters is 1. The van der Waals surface area contributed by atoms with E-state index in [1.54, 1.807) is 0 Å². The number of carbonyl (C=O) groups excluding carboxylic acids is 3. The average molecular weight is 519 g/mol. The molecule has 0 unspecified atom stereocenters. The number of benzene rings is 1. The zero-order valence-corrected chi connectivity index (χ0v) is 21.8. The SMILES string of the molecule is C#CCOCCOCCOCC(=O)C[C@@H](CCC(=O)OCc1ccccc1)C(=O)NCCCCCCN. The molecule has 37 heavy (non-hydrogen) atoms. The number of ether oxygens (including phenoxy) is 4.